The predicted octanol–water partition coefficient (Wildman–Crippen LogP) is 3.24. The number of benzene rings is 2. The van der Waals surface area contributed by atoms with E-state index in [1.807, 2.05) is 37.3 Å². The first-order valence-electron chi connectivity index (χ1n) is 6.71. The molecule has 0 bridgehead atoms. The van der Waals surface area contributed by atoms with Gasteiger partial charge in [-0.15, -0.1) is 0 Å². The lowest BCUT2D eigenvalue weighted by Crippen LogP contribution is -2.36. The summed E-state index contributed by atoms with van der Waals surface area (Å²) in [5, 5.41) is 3.21. The summed E-state index contributed by atoms with van der Waals surface area (Å²) < 4.78 is 0. The largest absolute Gasteiger partial charge is 0.374 e. The average Bonchev–Trinajstić information content (AvgIpc) is 2.48. The van der Waals surface area contributed by atoms with Crippen LogP contribution in [0.3, 0.4) is 0 Å². The second-order valence-corrected chi connectivity index (χ2v) is 5.04. The first-order valence-corrected chi connectivity index (χ1v) is 6.71. The maximum atomic E-state index is 11.8. The predicted molar refractivity (Wildman–Crippen MR) is 83.7 cm³/mol. The molecule has 0 spiro atoms. The first kappa shape index (κ1) is 14.1. The van der Waals surface area contributed by atoms with E-state index < -0.39 is 0 Å². The number of anilines is 1. The Morgan fingerprint density at radius 3 is 2.05 bits per heavy atom. The molecule has 0 heterocycles. The Bertz CT molecular complexity index is 561. The Morgan fingerprint density at radius 2 is 1.50 bits per heavy atom. The topological polar surface area (TPSA) is 32.3 Å². The van der Waals surface area contributed by atoms with E-state index in [0.717, 1.165) is 5.69 Å². The van der Waals surface area contributed by atoms with Crippen LogP contribution in [-0.4, -0.2) is 30.9 Å². The van der Waals surface area contributed by atoms with E-state index in [-0.39, 0.29) is 11.9 Å². The number of amides is 1. The van der Waals surface area contributed by atoms with Crippen LogP contribution in [0.5, 0.6) is 0 Å². The van der Waals surface area contributed by atoms with Crippen molar-refractivity contribution in [1.82, 2.24) is 4.90 Å². The lowest BCUT2D eigenvalue weighted by molar-refractivity contribution is -0.129. The summed E-state index contributed by atoms with van der Waals surface area (Å²) >= 11 is 0. The van der Waals surface area contributed by atoms with Crippen molar-refractivity contribution in [3.05, 3.63) is 54.6 Å². The third-order valence-electron chi connectivity index (χ3n) is 3.19. The van der Waals surface area contributed by atoms with Gasteiger partial charge in [-0.05, 0) is 30.2 Å². The van der Waals surface area contributed by atoms with Crippen LogP contribution < -0.4 is 5.32 Å². The highest BCUT2D eigenvalue weighted by atomic mass is 16.2. The van der Waals surface area contributed by atoms with Crippen LogP contribution >= 0.6 is 0 Å². The van der Waals surface area contributed by atoms with Crippen molar-refractivity contribution in [2.24, 2.45) is 0 Å². The molecule has 0 aliphatic heterocycles. The number of rotatable bonds is 4. The Kier molecular flexibility index (Phi) is 4.41. The van der Waals surface area contributed by atoms with Crippen molar-refractivity contribution < 1.29 is 4.79 Å². The van der Waals surface area contributed by atoms with E-state index in [9.17, 15) is 4.79 Å². The molecular formula is C17H20N2O. The summed E-state index contributed by atoms with van der Waals surface area (Å²) in [5.74, 6) is 0.0668. The monoisotopic (exact) mass is 268 g/mol. The summed E-state index contributed by atoms with van der Waals surface area (Å²) in [4.78, 5) is 13.4. The van der Waals surface area contributed by atoms with Gasteiger partial charge < -0.3 is 10.2 Å². The molecule has 0 aliphatic rings. The van der Waals surface area contributed by atoms with Crippen molar-refractivity contribution in [3.63, 3.8) is 0 Å². The normalized spacial score (nSPS) is 11.8. The van der Waals surface area contributed by atoms with Crippen LogP contribution in [0, 0.1) is 0 Å². The van der Waals surface area contributed by atoms with E-state index >= 15 is 0 Å². The molecular weight excluding hydrogens is 248 g/mol. The molecule has 0 fully saturated rings. The second-order valence-electron chi connectivity index (χ2n) is 5.04. The molecule has 3 heteroatoms. The lowest BCUT2D eigenvalue weighted by atomic mass is 10.1. The summed E-state index contributed by atoms with van der Waals surface area (Å²) in [6, 6.07) is 18.1. The highest BCUT2D eigenvalue weighted by molar-refractivity contribution is 5.84. The molecule has 0 saturated heterocycles. The molecule has 3 nitrogen and oxygen atoms in total. The van der Waals surface area contributed by atoms with Gasteiger partial charge in [-0.3, -0.25) is 4.79 Å². The van der Waals surface area contributed by atoms with Gasteiger partial charge in [0.05, 0.1) is 0 Å². The number of nitrogens with zero attached hydrogens (tertiary/aromatic N) is 1. The highest BCUT2D eigenvalue weighted by Crippen LogP contribution is 2.21. The summed E-state index contributed by atoms with van der Waals surface area (Å²) in [6.45, 7) is 1.87. The minimum atomic E-state index is -0.229. The van der Waals surface area contributed by atoms with Crippen LogP contribution in [0.2, 0.25) is 0 Å². The van der Waals surface area contributed by atoms with Crippen molar-refractivity contribution in [2.75, 3.05) is 19.4 Å². The quantitative estimate of drug-likeness (QED) is 0.923. The molecule has 1 N–H and O–H groups in total. The minimum Gasteiger partial charge on any atom is -0.374 e. The number of carbonyl (C=O) groups excluding carboxylic acids is 1. The Labute approximate surface area is 120 Å². The molecule has 2 rings (SSSR count). The lowest BCUT2D eigenvalue weighted by Gasteiger charge is -2.19. The first-order chi connectivity index (χ1) is 9.58. The second kappa shape index (κ2) is 6.24. The fourth-order valence-corrected chi connectivity index (χ4v) is 2.09. The fraction of sp³-hybridized carbons (Fsp3) is 0.235. The average molecular weight is 268 g/mol. The van der Waals surface area contributed by atoms with Gasteiger partial charge in [0, 0.05) is 19.8 Å². The molecule has 104 valence electrons. The van der Waals surface area contributed by atoms with E-state index in [0.29, 0.717) is 0 Å². The van der Waals surface area contributed by atoms with E-state index in [4.69, 9.17) is 0 Å². The van der Waals surface area contributed by atoms with E-state index in [1.54, 1.807) is 19.0 Å². The molecule has 0 radical (unpaired) electrons. The van der Waals surface area contributed by atoms with Gasteiger partial charge in [0.1, 0.15) is 6.04 Å². The molecule has 0 saturated carbocycles. The van der Waals surface area contributed by atoms with Gasteiger partial charge >= 0.3 is 0 Å². The SMILES string of the molecule is CC(Nc1ccc(-c2ccccc2)cc1)C(=O)N(C)C. The molecule has 2 aromatic carbocycles. The van der Waals surface area contributed by atoms with Gasteiger partial charge in [0.25, 0.3) is 0 Å². The van der Waals surface area contributed by atoms with Crippen molar-refractivity contribution >= 4 is 11.6 Å². The van der Waals surface area contributed by atoms with Crippen LogP contribution in [0.4, 0.5) is 5.69 Å². The summed E-state index contributed by atoms with van der Waals surface area (Å²) in [5.41, 5.74) is 3.31. The smallest absolute Gasteiger partial charge is 0.244 e. The number of nitrogens with one attached hydrogen (secondary N) is 1. The van der Waals surface area contributed by atoms with Gasteiger partial charge in [0.2, 0.25) is 5.91 Å². The van der Waals surface area contributed by atoms with E-state index in [2.05, 4.69) is 29.6 Å². The van der Waals surface area contributed by atoms with Crippen LogP contribution in [0.25, 0.3) is 11.1 Å². The van der Waals surface area contributed by atoms with Crippen LogP contribution in [-0.2, 0) is 4.79 Å². The number of hydrogen-bond donors (Lipinski definition) is 1. The van der Waals surface area contributed by atoms with Crippen molar-refractivity contribution in [3.8, 4) is 11.1 Å². The Hall–Kier alpha value is -2.29. The van der Waals surface area contributed by atoms with Gasteiger partial charge in [-0.25, -0.2) is 0 Å². The van der Waals surface area contributed by atoms with Gasteiger partial charge in [-0.2, -0.15) is 0 Å². The molecule has 20 heavy (non-hydrogen) atoms. The van der Waals surface area contributed by atoms with Gasteiger partial charge in [0.15, 0.2) is 0 Å². The number of likely N-dealkylation sites (N-methyl/N-ethyl adjacent to an activating group) is 1. The zero-order valence-corrected chi connectivity index (χ0v) is 12.1. The third kappa shape index (κ3) is 3.38. The Morgan fingerprint density at radius 1 is 0.950 bits per heavy atom. The molecule has 2 aromatic rings. The van der Waals surface area contributed by atoms with Crippen LogP contribution in [0.1, 0.15) is 6.92 Å². The third-order valence-corrected chi connectivity index (χ3v) is 3.19. The van der Waals surface area contributed by atoms with E-state index in [1.165, 1.54) is 11.1 Å². The molecule has 1 atom stereocenters. The maximum absolute atomic E-state index is 11.8. The highest BCUT2D eigenvalue weighted by Gasteiger charge is 2.14. The van der Waals surface area contributed by atoms with Crippen LogP contribution in [0.15, 0.2) is 54.6 Å². The zero-order valence-electron chi connectivity index (χ0n) is 12.1. The zero-order chi connectivity index (χ0) is 14.5. The van der Waals surface area contributed by atoms with Gasteiger partial charge in [-0.1, -0.05) is 42.5 Å². The molecule has 1 unspecified atom stereocenters. The summed E-state index contributed by atoms with van der Waals surface area (Å²) in [7, 11) is 3.53. The van der Waals surface area contributed by atoms with Crippen molar-refractivity contribution in [1.29, 1.82) is 0 Å². The number of hydrogen-bond acceptors (Lipinski definition) is 2. The fourth-order valence-electron chi connectivity index (χ4n) is 2.09. The molecule has 1 amide bonds. The maximum Gasteiger partial charge on any atom is 0.244 e. The van der Waals surface area contributed by atoms with Crippen molar-refractivity contribution in [2.45, 2.75) is 13.0 Å². The molecule has 0 aliphatic carbocycles. The minimum absolute atomic E-state index is 0.0668. The standard InChI is InChI=1S/C17H20N2O/c1-13(17(20)19(2)3)18-16-11-9-15(10-12-16)14-7-5-4-6-8-14/h4-13,18H,1-3H3. The number of carbonyl (C=O) groups is 1. The Balaban J connectivity index is 2.07. The summed E-state index contributed by atoms with van der Waals surface area (Å²) in [6.07, 6.45) is 0. The molecule has 0 aromatic heterocycles.